The number of hydrogen-bond acceptors (Lipinski definition) is 12. The summed E-state index contributed by atoms with van der Waals surface area (Å²) in [6.07, 6.45) is -14.8. The normalized spacial score (nSPS) is 49.1. The zero-order valence-corrected chi connectivity index (χ0v) is 13.6. The summed E-state index contributed by atoms with van der Waals surface area (Å²) in [6, 6.07) is 0. The summed E-state index contributed by atoms with van der Waals surface area (Å²) < 4.78 is 35.2. The predicted octanol–water partition coefficient (Wildman–Crippen LogP) is -6.00. The molecule has 148 valence electrons. The zero-order chi connectivity index (χ0) is 19.1. The average molecular weight is 390 g/mol. The van der Waals surface area contributed by atoms with E-state index in [1.165, 1.54) is 0 Å². The van der Waals surface area contributed by atoms with E-state index in [0.29, 0.717) is 0 Å². The highest BCUT2D eigenvalue weighted by Crippen LogP contribution is 2.32. The van der Waals surface area contributed by atoms with Crippen LogP contribution in [0.1, 0.15) is 0 Å². The van der Waals surface area contributed by atoms with Gasteiger partial charge in [0.1, 0.15) is 48.8 Å². The van der Waals surface area contributed by atoms with Crippen LogP contribution in [0.15, 0.2) is 0 Å². The van der Waals surface area contributed by atoms with Crippen molar-refractivity contribution in [1.82, 2.24) is 0 Å². The first kappa shape index (κ1) is 20.9. The molecule has 0 amide bonds. The maximum Gasteiger partial charge on any atom is 0.209 e. The van der Waals surface area contributed by atoms with Crippen molar-refractivity contribution in [3.63, 3.8) is 0 Å². The molecule has 2 rings (SSSR count). The minimum atomic E-state index is -4.79. The minimum absolute atomic E-state index is 0.869. The number of sulfone groups is 1. The van der Waals surface area contributed by atoms with Crippen molar-refractivity contribution in [2.45, 2.75) is 59.7 Å². The van der Waals surface area contributed by atoms with Gasteiger partial charge in [-0.3, -0.25) is 0 Å². The first-order chi connectivity index (χ1) is 11.6. The molecule has 2 fully saturated rings. The molecule has 0 aromatic heterocycles. The number of hydrogen-bond donors (Lipinski definition) is 8. The van der Waals surface area contributed by atoms with Crippen molar-refractivity contribution in [2.24, 2.45) is 0 Å². The highest BCUT2D eigenvalue weighted by molar-refractivity contribution is 7.92. The molecule has 0 saturated carbocycles. The number of rotatable bonds is 4. The molecule has 2 heterocycles. The summed E-state index contributed by atoms with van der Waals surface area (Å²) in [5.41, 5.74) is -4.41. The van der Waals surface area contributed by atoms with Gasteiger partial charge in [0, 0.05) is 0 Å². The van der Waals surface area contributed by atoms with E-state index < -0.39 is 82.8 Å². The van der Waals surface area contributed by atoms with Crippen molar-refractivity contribution in [1.29, 1.82) is 0 Å². The molecule has 2 saturated heterocycles. The standard InChI is InChI=1S/C12H22O12S/c13-1-3-5(15)7(17)9(19)11(23-3)25(21,22)12-10(20)8(18)6(16)4(2-14)24-12/h3-20H,1-2H2/t3-,4-,5+,6+,7+,8+,9-,10-,11?,12?/m1/s1. The lowest BCUT2D eigenvalue weighted by Crippen LogP contribution is -2.66. The molecule has 2 aliphatic heterocycles. The monoisotopic (exact) mass is 390 g/mol. The molecule has 8 N–H and O–H groups in total. The Balaban J connectivity index is 2.33. The third-order valence-corrected chi connectivity index (χ3v) is 6.42. The van der Waals surface area contributed by atoms with E-state index >= 15 is 0 Å². The van der Waals surface area contributed by atoms with Gasteiger partial charge in [0.2, 0.25) is 9.84 Å². The van der Waals surface area contributed by atoms with E-state index in [9.17, 15) is 39.1 Å². The number of aliphatic hydroxyl groups excluding tert-OH is 8. The van der Waals surface area contributed by atoms with E-state index in [1.807, 2.05) is 0 Å². The molecule has 12 nitrogen and oxygen atoms in total. The molecule has 2 aliphatic rings. The van der Waals surface area contributed by atoms with Crippen LogP contribution < -0.4 is 0 Å². The van der Waals surface area contributed by atoms with Crippen LogP contribution in [0.2, 0.25) is 0 Å². The van der Waals surface area contributed by atoms with Crippen molar-refractivity contribution in [3.8, 4) is 0 Å². The largest absolute Gasteiger partial charge is 0.394 e. The Bertz CT molecular complexity index is 508. The summed E-state index contributed by atoms with van der Waals surface area (Å²) in [7, 11) is -4.79. The fraction of sp³-hybridized carbons (Fsp3) is 1.00. The Labute approximate surface area is 142 Å². The maximum absolute atomic E-state index is 12.7. The second-order valence-corrected chi connectivity index (χ2v) is 8.09. The molecule has 0 radical (unpaired) electrons. The van der Waals surface area contributed by atoms with Crippen LogP contribution in [-0.4, -0.2) is 122 Å². The lowest BCUT2D eigenvalue weighted by molar-refractivity contribution is -0.218. The first-order valence-electron chi connectivity index (χ1n) is 7.41. The van der Waals surface area contributed by atoms with Gasteiger partial charge in [0.15, 0.2) is 10.9 Å². The Morgan fingerprint density at radius 2 is 0.920 bits per heavy atom. The number of aliphatic hydroxyl groups is 8. The first-order valence-corrected chi connectivity index (χ1v) is 9.02. The second-order valence-electron chi connectivity index (χ2n) is 5.98. The molecular formula is C12H22O12S. The van der Waals surface area contributed by atoms with Gasteiger partial charge in [-0.25, -0.2) is 8.42 Å². The van der Waals surface area contributed by atoms with Gasteiger partial charge in [-0.2, -0.15) is 0 Å². The lowest BCUT2D eigenvalue weighted by Gasteiger charge is -2.44. The summed E-state index contributed by atoms with van der Waals surface area (Å²) in [4.78, 5) is 0. The van der Waals surface area contributed by atoms with Crippen LogP contribution in [0.5, 0.6) is 0 Å². The fourth-order valence-corrected chi connectivity index (χ4v) is 4.77. The molecule has 0 aromatic carbocycles. The van der Waals surface area contributed by atoms with Gasteiger partial charge < -0.3 is 50.3 Å². The lowest BCUT2D eigenvalue weighted by atomic mass is 10.0. The van der Waals surface area contributed by atoms with E-state index in [2.05, 4.69) is 0 Å². The van der Waals surface area contributed by atoms with E-state index in [0.717, 1.165) is 0 Å². The summed E-state index contributed by atoms with van der Waals surface area (Å²) in [6.45, 7) is -1.74. The fourth-order valence-electron chi connectivity index (χ4n) is 2.81. The average Bonchev–Trinajstić information content (AvgIpc) is 2.57. The van der Waals surface area contributed by atoms with Crippen molar-refractivity contribution in [2.75, 3.05) is 13.2 Å². The smallest absolute Gasteiger partial charge is 0.209 e. The molecule has 0 bridgehead atoms. The minimum Gasteiger partial charge on any atom is -0.394 e. The molecule has 25 heavy (non-hydrogen) atoms. The second kappa shape index (κ2) is 7.66. The van der Waals surface area contributed by atoms with Crippen LogP contribution in [0.4, 0.5) is 0 Å². The summed E-state index contributed by atoms with van der Waals surface area (Å²) in [5.74, 6) is 0. The Hall–Kier alpha value is -0.450. The van der Waals surface area contributed by atoms with Crippen LogP contribution >= 0.6 is 0 Å². The van der Waals surface area contributed by atoms with E-state index in [-0.39, 0.29) is 0 Å². The highest BCUT2D eigenvalue weighted by atomic mass is 32.2. The Kier molecular flexibility index (Phi) is 6.39. The summed E-state index contributed by atoms with van der Waals surface area (Å²) >= 11 is 0. The highest BCUT2D eigenvalue weighted by Gasteiger charge is 2.56. The van der Waals surface area contributed by atoms with E-state index in [4.69, 9.17) is 19.7 Å². The topological polar surface area (TPSA) is 214 Å². The van der Waals surface area contributed by atoms with Gasteiger partial charge in [-0.15, -0.1) is 0 Å². The predicted molar refractivity (Wildman–Crippen MR) is 76.5 cm³/mol. The summed E-state index contributed by atoms with van der Waals surface area (Å²) in [5, 5.41) is 76.8. The van der Waals surface area contributed by atoms with Crippen molar-refractivity contribution < 1.29 is 58.7 Å². The Morgan fingerprint density at radius 3 is 1.20 bits per heavy atom. The molecule has 0 aliphatic carbocycles. The zero-order valence-electron chi connectivity index (χ0n) is 12.8. The molecule has 0 aromatic rings. The number of ether oxygens (including phenoxy) is 2. The van der Waals surface area contributed by atoms with Gasteiger partial charge in [0.25, 0.3) is 0 Å². The van der Waals surface area contributed by atoms with Crippen molar-refractivity contribution in [3.05, 3.63) is 0 Å². The molecular weight excluding hydrogens is 368 g/mol. The molecule has 2 unspecified atom stereocenters. The quantitative estimate of drug-likeness (QED) is 0.225. The van der Waals surface area contributed by atoms with Gasteiger partial charge >= 0.3 is 0 Å². The van der Waals surface area contributed by atoms with Gasteiger partial charge in [-0.1, -0.05) is 0 Å². The molecule has 13 heteroatoms. The molecule has 0 spiro atoms. The van der Waals surface area contributed by atoms with Crippen LogP contribution in [0.25, 0.3) is 0 Å². The van der Waals surface area contributed by atoms with Gasteiger partial charge in [0.05, 0.1) is 13.2 Å². The third-order valence-electron chi connectivity index (χ3n) is 4.34. The Morgan fingerprint density at radius 1 is 0.600 bits per heavy atom. The molecule has 10 atom stereocenters. The van der Waals surface area contributed by atoms with Crippen LogP contribution in [-0.2, 0) is 19.3 Å². The van der Waals surface area contributed by atoms with Crippen molar-refractivity contribution >= 4 is 9.84 Å². The SMILES string of the molecule is O=S(=O)(C1O[C@H](CO)[C@H](O)[C@H](O)[C@H]1O)C1O[C@H](CO)[C@H](O)[C@H](O)[C@H]1O. The third kappa shape index (κ3) is 3.54. The van der Waals surface area contributed by atoms with Crippen LogP contribution in [0.3, 0.4) is 0 Å². The maximum atomic E-state index is 12.7. The van der Waals surface area contributed by atoms with E-state index in [1.54, 1.807) is 0 Å². The van der Waals surface area contributed by atoms with Crippen LogP contribution in [0, 0.1) is 0 Å². The van der Waals surface area contributed by atoms with Gasteiger partial charge in [-0.05, 0) is 0 Å².